The van der Waals surface area contributed by atoms with Crippen LogP contribution in [0, 0.1) is 19.7 Å². The second-order valence-electron chi connectivity index (χ2n) is 5.94. The number of ether oxygens (including phenoxy) is 1. The molecule has 0 atom stereocenters. The molecule has 10 heteroatoms. The van der Waals surface area contributed by atoms with Crippen molar-refractivity contribution in [3.63, 3.8) is 0 Å². The van der Waals surface area contributed by atoms with Gasteiger partial charge in [0.1, 0.15) is 29.5 Å². The normalized spacial score (nSPS) is 10.8. The predicted molar refractivity (Wildman–Crippen MR) is 98.8 cm³/mol. The van der Waals surface area contributed by atoms with Crippen LogP contribution in [0.15, 0.2) is 43.1 Å². The van der Waals surface area contributed by atoms with Crippen LogP contribution in [0.5, 0.6) is 11.5 Å². The fourth-order valence-corrected chi connectivity index (χ4v) is 2.50. The molecule has 0 saturated heterocycles. The monoisotopic (exact) mass is 381 g/mol. The van der Waals surface area contributed by atoms with Crippen LogP contribution in [-0.4, -0.2) is 35.5 Å². The highest BCUT2D eigenvalue weighted by Crippen LogP contribution is 2.24. The van der Waals surface area contributed by atoms with Crippen LogP contribution in [0.4, 0.5) is 10.2 Å². The summed E-state index contributed by atoms with van der Waals surface area (Å²) in [6, 6.07) is 4.14. The molecule has 0 radical (unpaired) electrons. The SMILES string of the molecule is Cc1ncc(Oc2cc(C(=O)Nc3ccc(F)c(C)n3)c3nncn3c2)cn1.[HH]. The van der Waals surface area contributed by atoms with Gasteiger partial charge in [-0.25, -0.2) is 19.3 Å². The summed E-state index contributed by atoms with van der Waals surface area (Å²) in [5.74, 6) is 0.688. The molecule has 0 aliphatic rings. The Morgan fingerprint density at radius 1 is 1.21 bits per heavy atom. The molecule has 28 heavy (non-hydrogen) atoms. The van der Waals surface area contributed by atoms with Crippen LogP contribution < -0.4 is 10.1 Å². The minimum atomic E-state index is -0.484. The number of nitrogens with zero attached hydrogens (tertiary/aromatic N) is 6. The van der Waals surface area contributed by atoms with Gasteiger partial charge in [-0.05, 0) is 32.0 Å². The number of rotatable bonds is 4. The van der Waals surface area contributed by atoms with E-state index in [1.54, 1.807) is 17.5 Å². The summed E-state index contributed by atoms with van der Waals surface area (Å²) in [6.07, 6.45) is 6.14. The lowest BCUT2D eigenvalue weighted by Gasteiger charge is -2.10. The van der Waals surface area contributed by atoms with Crippen molar-refractivity contribution in [2.45, 2.75) is 13.8 Å². The number of pyridine rings is 2. The van der Waals surface area contributed by atoms with Crippen molar-refractivity contribution >= 4 is 17.4 Å². The highest BCUT2D eigenvalue weighted by atomic mass is 19.1. The van der Waals surface area contributed by atoms with E-state index in [9.17, 15) is 9.18 Å². The molecule has 4 heterocycles. The molecule has 0 fully saturated rings. The molecule has 0 saturated carbocycles. The van der Waals surface area contributed by atoms with Crippen LogP contribution in [0.1, 0.15) is 23.3 Å². The Morgan fingerprint density at radius 2 is 2.00 bits per heavy atom. The van der Waals surface area contributed by atoms with E-state index >= 15 is 0 Å². The summed E-state index contributed by atoms with van der Waals surface area (Å²) in [5, 5.41) is 10.4. The number of fused-ring (bicyclic) bond motifs is 1. The first kappa shape index (κ1) is 17.5. The van der Waals surface area contributed by atoms with Crippen molar-refractivity contribution in [2.24, 2.45) is 0 Å². The van der Waals surface area contributed by atoms with Gasteiger partial charge in [-0.2, -0.15) is 0 Å². The largest absolute Gasteiger partial charge is 0.453 e. The Kier molecular flexibility index (Phi) is 4.36. The fourth-order valence-electron chi connectivity index (χ4n) is 2.50. The fraction of sp³-hybridized carbons (Fsp3) is 0.111. The number of halogens is 1. The summed E-state index contributed by atoms with van der Waals surface area (Å²) in [7, 11) is 0. The van der Waals surface area contributed by atoms with Gasteiger partial charge in [0, 0.05) is 1.43 Å². The first-order valence-corrected chi connectivity index (χ1v) is 8.24. The van der Waals surface area contributed by atoms with Crippen LogP contribution in [0.3, 0.4) is 0 Å². The van der Waals surface area contributed by atoms with Gasteiger partial charge in [-0.1, -0.05) is 0 Å². The molecule has 1 N–H and O–H groups in total. The van der Waals surface area contributed by atoms with Gasteiger partial charge in [-0.15, -0.1) is 10.2 Å². The highest BCUT2D eigenvalue weighted by molar-refractivity contribution is 6.08. The van der Waals surface area contributed by atoms with Gasteiger partial charge >= 0.3 is 0 Å². The lowest BCUT2D eigenvalue weighted by molar-refractivity contribution is 0.102. The van der Waals surface area contributed by atoms with E-state index in [0.29, 0.717) is 23.0 Å². The highest BCUT2D eigenvalue weighted by Gasteiger charge is 2.16. The van der Waals surface area contributed by atoms with Gasteiger partial charge < -0.3 is 10.1 Å². The first-order chi connectivity index (χ1) is 13.5. The van der Waals surface area contributed by atoms with Crippen molar-refractivity contribution in [3.8, 4) is 11.5 Å². The van der Waals surface area contributed by atoms with Crippen molar-refractivity contribution in [1.82, 2.24) is 29.5 Å². The third-order valence-electron chi connectivity index (χ3n) is 3.87. The molecule has 142 valence electrons. The van der Waals surface area contributed by atoms with E-state index in [1.807, 2.05) is 0 Å². The van der Waals surface area contributed by atoms with Crippen LogP contribution in [0.2, 0.25) is 0 Å². The van der Waals surface area contributed by atoms with Crippen molar-refractivity contribution in [2.75, 3.05) is 5.32 Å². The van der Waals surface area contributed by atoms with Crippen molar-refractivity contribution in [1.29, 1.82) is 0 Å². The molecule has 4 rings (SSSR count). The molecular formula is C18H16FN7O2. The predicted octanol–water partition coefficient (Wildman–Crippen LogP) is 2.96. The topological polar surface area (TPSA) is 107 Å². The van der Waals surface area contributed by atoms with E-state index in [-0.39, 0.29) is 18.5 Å². The second kappa shape index (κ2) is 6.99. The van der Waals surface area contributed by atoms with Gasteiger partial charge in [0.15, 0.2) is 11.4 Å². The van der Waals surface area contributed by atoms with Crippen molar-refractivity contribution < 1.29 is 15.3 Å². The standard InChI is InChI=1S/C18H14FN7O2.H2/c1-10-15(19)3-4-16(23-10)24-18(27)14-5-12(8-26-9-22-25-17(14)26)28-13-6-20-11(2)21-7-13;/h3-9H,1-2H3,(H,23,24,27);1H. The number of aromatic nitrogens is 6. The average Bonchev–Trinajstić information content (AvgIpc) is 3.14. The van der Waals surface area contributed by atoms with Crippen LogP contribution >= 0.6 is 0 Å². The minimum absolute atomic E-state index is 0. The van der Waals surface area contributed by atoms with Gasteiger partial charge in [0.25, 0.3) is 5.91 Å². The Hall–Kier alpha value is -3.95. The van der Waals surface area contributed by atoms with Crippen molar-refractivity contribution in [3.05, 3.63) is 66.0 Å². The molecule has 0 bridgehead atoms. The molecule has 0 aliphatic heterocycles. The maximum Gasteiger partial charge on any atom is 0.260 e. The number of nitrogens with one attached hydrogen (secondary N) is 1. The third kappa shape index (κ3) is 3.47. The summed E-state index contributed by atoms with van der Waals surface area (Å²) >= 11 is 0. The molecule has 4 aromatic heterocycles. The first-order valence-electron chi connectivity index (χ1n) is 8.24. The maximum absolute atomic E-state index is 13.4. The molecule has 0 spiro atoms. The maximum atomic E-state index is 13.4. The smallest absolute Gasteiger partial charge is 0.260 e. The summed E-state index contributed by atoms with van der Waals surface area (Å²) in [6.45, 7) is 3.28. The number of amides is 1. The van der Waals surface area contributed by atoms with E-state index < -0.39 is 11.7 Å². The van der Waals surface area contributed by atoms with Gasteiger partial charge in [-0.3, -0.25) is 9.20 Å². The molecule has 4 aromatic rings. The quantitative estimate of drug-likeness (QED) is 0.579. The Balaban J connectivity index is 0.00000240. The molecular weight excluding hydrogens is 365 g/mol. The number of aryl methyl sites for hydroxylation is 2. The van der Waals surface area contributed by atoms with Crippen LogP contribution in [-0.2, 0) is 0 Å². The molecule has 0 unspecified atom stereocenters. The van der Waals surface area contributed by atoms with E-state index in [0.717, 1.165) is 0 Å². The molecule has 0 aliphatic carbocycles. The second-order valence-corrected chi connectivity index (χ2v) is 5.94. The molecule has 9 nitrogen and oxygen atoms in total. The van der Waals surface area contributed by atoms with E-state index in [2.05, 4.69) is 30.5 Å². The lowest BCUT2D eigenvalue weighted by Crippen LogP contribution is -2.15. The van der Waals surface area contributed by atoms with E-state index in [1.165, 1.54) is 43.8 Å². The number of carbonyl (C=O) groups excluding carboxylic acids is 1. The number of anilines is 1. The van der Waals surface area contributed by atoms with Gasteiger partial charge in [0.05, 0.1) is 29.8 Å². The Labute approximate surface area is 159 Å². The zero-order chi connectivity index (χ0) is 19.7. The lowest BCUT2D eigenvalue weighted by atomic mass is 10.2. The Bertz CT molecular complexity index is 1180. The molecule has 1 amide bonds. The summed E-state index contributed by atoms with van der Waals surface area (Å²) in [5.41, 5.74) is 0.734. The number of carbonyl (C=O) groups is 1. The third-order valence-corrected chi connectivity index (χ3v) is 3.87. The number of hydrogen-bond acceptors (Lipinski definition) is 7. The summed E-state index contributed by atoms with van der Waals surface area (Å²) < 4.78 is 20.7. The minimum Gasteiger partial charge on any atom is -0.453 e. The van der Waals surface area contributed by atoms with Gasteiger partial charge in [0.2, 0.25) is 0 Å². The van der Waals surface area contributed by atoms with E-state index in [4.69, 9.17) is 4.74 Å². The Morgan fingerprint density at radius 3 is 2.75 bits per heavy atom. The summed E-state index contributed by atoms with van der Waals surface area (Å²) in [4.78, 5) is 24.9. The molecule has 0 aromatic carbocycles. The average molecular weight is 381 g/mol. The number of hydrogen-bond donors (Lipinski definition) is 1. The zero-order valence-corrected chi connectivity index (χ0v) is 14.9. The van der Waals surface area contributed by atoms with Crippen LogP contribution in [0.25, 0.3) is 5.65 Å². The zero-order valence-electron chi connectivity index (χ0n) is 14.9.